The molecule has 1 aromatic heterocycles. The first kappa shape index (κ1) is 15.1. The van der Waals surface area contributed by atoms with Gasteiger partial charge in [-0.2, -0.15) is 4.31 Å². The molecule has 102 valence electrons. The minimum Gasteiger partial charge on any atom is -0.318 e. The molecule has 1 N–H and O–H groups in total. The molecule has 1 atom stereocenters. The lowest BCUT2D eigenvalue weighted by molar-refractivity contribution is 0.415. The van der Waals surface area contributed by atoms with Crippen molar-refractivity contribution < 1.29 is 8.42 Å². The number of sulfonamides is 1. The van der Waals surface area contributed by atoms with Gasteiger partial charge in [-0.1, -0.05) is 6.92 Å². The van der Waals surface area contributed by atoms with Crippen LogP contribution in [0.15, 0.2) is 24.5 Å². The molecule has 0 aromatic carbocycles. The second-order valence-electron chi connectivity index (χ2n) is 4.19. The Morgan fingerprint density at radius 1 is 1.39 bits per heavy atom. The molecular formula is C12H21N3O2S. The van der Waals surface area contributed by atoms with Crippen LogP contribution in [-0.4, -0.2) is 43.1 Å². The molecule has 0 aliphatic carbocycles. The van der Waals surface area contributed by atoms with Crippen LogP contribution in [0.3, 0.4) is 0 Å². The van der Waals surface area contributed by atoms with Crippen molar-refractivity contribution >= 4 is 10.0 Å². The van der Waals surface area contributed by atoms with Gasteiger partial charge in [-0.3, -0.25) is 4.98 Å². The Labute approximate surface area is 109 Å². The van der Waals surface area contributed by atoms with Crippen molar-refractivity contribution in [3.05, 3.63) is 30.1 Å². The van der Waals surface area contributed by atoms with E-state index in [1.807, 2.05) is 19.1 Å². The molecule has 1 rings (SSSR count). The minimum atomic E-state index is -3.26. The second-order valence-corrected chi connectivity index (χ2v) is 6.55. The Balaban J connectivity index is 2.83. The maximum absolute atomic E-state index is 12.3. The summed E-state index contributed by atoms with van der Waals surface area (Å²) in [6, 6.07) is 3.67. The molecule has 1 heterocycles. The van der Waals surface area contributed by atoms with E-state index in [9.17, 15) is 8.42 Å². The summed E-state index contributed by atoms with van der Waals surface area (Å²) in [5.74, 6) is 0. The van der Waals surface area contributed by atoms with Gasteiger partial charge in [0.2, 0.25) is 10.0 Å². The van der Waals surface area contributed by atoms with Gasteiger partial charge in [0.25, 0.3) is 0 Å². The monoisotopic (exact) mass is 271 g/mol. The highest BCUT2D eigenvalue weighted by molar-refractivity contribution is 7.89. The number of aromatic nitrogens is 1. The van der Waals surface area contributed by atoms with Gasteiger partial charge in [0, 0.05) is 32.0 Å². The summed E-state index contributed by atoms with van der Waals surface area (Å²) in [5, 5.41) is 2.47. The molecule has 6 heteroatoms. The molecule has 5 nitrogen and oxygen atoms in total. The third kappa shape index (κ3) is 3.76. The first-order valence-corrected chi connectivity index (χ1v) is 7.55. The number of rotatable bonds is 7. The van der Waals surface area contributed by atoms with E-state index >= 15 is 0 Å². The Kier molecular flexibility index (Phi) is 5.71. The van der Waals surface area contributed by atoms with Crippen molar-refractivity contribution in [2.24, 2.45) is 0 Å². The van der Waals surface area contributed by atoms with Crippen LogP contribution in [-0.2, 0) is 16.6 Å². The zero-order valence-corrected chi connectivity index (χ0v) is 11.9. The zero-order chi connectivity index (χ0) is 13.6. The molecule has 0 amide bonds. The predicted octanol–water partition coefficient (Wildman–Crippen LogP) is 0.841. The molecule has 0 fully saturated rings. The molecule has 0 aliphatic rings. The average molecular weight is 271 g/mol. The summed E-state index contributed by atoms with van der Waals surface area (Å²) < 4.78 is 26.2. The van der Waals surface area contributed by atoms with E-state index in [1.165, 1.54) is 4.31 Å². The molecule has 0 saturated carbocycles. The van der Waals surface area contributed by atoms with Gasteiger partial charge >= 0.3 is 0 Å². The van der Waals surface area contributed by atoms with Gasteiger partial charge in [0.1, 0.15) is 0 Å². The van der Waals surface area contributed by atoms with Crippen LogP contribution in [0.4, 0.5) is 0 Å². The number of nitrogens with zero attached hydrogens (tertiary/aromatic N) is 2. The lowest BCUT2D eigenvalue weighted by Gasteiger charge is -2.24. The summed E-state index contributed by atoms with van der Waals surface area (Å²) >= 11 is 0. The van der Waals surface area contributed by atoms with Gasteiger partial charge in [-0.25, -0.2) is 8.42 Å². The molecule has 0 aliphatic heterocycles. The van der Waals surface area contributed by atoms with Gasteiger partial charge in [-0.05, 0) is 31.7 Å². The van der Waals surface area contributed by atoms with E-state index in [0.717, 1.165) is 5.56 Å². The maximum atomic E-state index is 12.3. The third-order valence-electron chi connectivity index (χ3n) is 2.82. The van der Waals surface area contributed by atoms with Gasteiger partial charge in [0.05, 0.1) is 5.25 Å². The summed E-state index contributed by atoms with van der Waals surface area (Å²) in [6.07, 6.45) is 3.35. The number of hydrogen-bond acceptors (Lipinski definition) is 4. The van der Waals surface area contributed by atoms with Crippen molar-refractivity contribution in [2.45, 2.75) is 25.6 Å². The fourth-order valence-corrected chi connectivity index (χ4v) is 3.30. The van der Waals surface area contributed by atoms with E-state index in [-0.39, 0.29) is 0 Å². The first-order valence-electron chi connectivity index (χ1n) is 6.04. The van der Waals surface area contributed by atoms with Crippen molar-refractivity contribution in [2.75, 3.05) is 20.1 Å². The highest BCUT2D eigenvalue weighted by atomic mass is 32.2. The Morgan fingerprint density at radius 3 is 2.50 bits per heavy atom. The largest absolute Gasteiger partial charge is 0.318 e. The Bertz CT molecular complexity index is 448. The lowest BCUT2D eigenvalue weighted by Crippen LogP contribution is -2.41. The number of nitrogens with one attached hydrogen (secondary N) is 1. The fraction of sp³-hybridized carbons (Fsp3) is 0.583. The minimum absolute atomic E-state index is 0.398. The molecule has 1 unspecified atom stereocenters. The quantitative estimate of drug-likeness (QED) is 0.798. The van der Waals surface area contributed by atoms with Crippen LogP contribution in [0, 0.1) is 0 Å². The summed E-state index contributed by atoms with van der Waals surface area (Å²) in [5.41, 5.74) is 0.951. The normalized spacial score (nSPS) is 13.8. The first-order chi connectivity index (χ1) is 8.52. The van der Waals surface area contributed by atoms with Crippen LogP contribution < -0.4 is 5.32 Å². The Hall–Kier alpha value is -0.980. The second kappa shape index (κ2) is 6.82. The molecule has 1 aromatic rings. The van der Waals surface area contributed by atoms with Crippen molar-refractivity contribution in [3.63, 3.8) is 0 Å². The smallest absolute Gasteiger partial charge is 0.218 e. The average Bonchev–Trinajstić information content (AvgIpc) is 2.37. The summed E-state index contributed by atoms with van der Waals surface area (Å²) in [7, 11) is -1.51. The topological polar surface area (TPSA) is 62.3 Å². The summed E-state index contributed by atoms with van der Waals surface area (Å²) in [4.78, 5) is 3.93. The summed E-state index contributed by atoms with van der Waals surface area (Å²) in [6.45, 7) is 4.90. The van der Waals surface area contributed by atoms with E-state index in [4.69, 9.17) is 0 Å². The van der Waals surface area contributed by atoms with Crippen LogP contribution >= 0.6 is 0 Å². The maximum Gasteiger partial charge on any atom is 0.218 e. The molecular weight excluding hydrogens is 250 g/mol. The van der Waals surface area contributed by atoms with Gasteiger partial charge in [0.15, 0.2) is 0 Å². The van der Waals surface area contributed by atoms with Crippen molar-refractivity contribution in [1.82, 2.24) is 14.6 Å². The highest BCUT2D eigenvalue weighted by Gasteiger charge is 2.27. The van der Waals surface area contributed by atoms with Crippen molar-refractivity contribution in [1.29, 1.82) is 0 Å². The highest BCUT2D eigenvalue weighted by Crippen LogP contribution is 2.12. The van der Waals surface area contributed by atoms with Crippen LogP contribution in [0.25, 0.3) is 0 Å². The number of hydrogen-bond donors (Lipinski definition) is 1. The molecule has 0 radical (unpaired) electrons. The standard InChI is InChI=1S/C12H21N3O2S/c1-4-15(10-12-5-7-14-8-6-12)18(16,17)11(2)9-13-3/h5-8,11,13H,4,9-10H2,1-3H3. The lowest BCUT2D eigenvalue weighted by atomic mass is 10.3. The van der Waals surface area contributed by atoms with E-state index in [0.29, 0.717) is 19.6 Å². The Morgan fingerprint density at radius 2 is 2.00 bits per heavy atom. The molecule has 0 saturated heterocycles. The van der Waals surface area contributed by atoms with E-state index in [2.05, 4.69) is 10.3 Å². The van der Waals surface area contributed by atoms with Crippen LogP contribution in [0.2, 0.25) is 0 Å². The van der Waals surface area contributed by atoms with Crippen LogP contribution in [0.1, 0.15) is 19.4 Å². The van der Waals surface area contributed by atoms with Gasteiger partial charge < -0.3 is 5.32 Å². The van der Waals surface area contributed by atoms with E-state index in [1.54, 1.807) is 26.4 Å². The van der Waals surface area contributed by atoms with Gasteiger partial charge in [-0.15, -0.1) is 0 Å². The fourth-order valence-electron chi connectivity index (χ4n) is 1.72. The molecule has 0 spiro atoms. The zero-order valence-electron chi connectivity index (χ0n) is 11.1. The van der Waals surface area contributed by atoms with Crippen LogP contribution in [0.5, 0.6) is 0 Å². The van der Waals surface area contributed by atoms with Crippen molar-refractivity contribution in [3.8, 4) is 0 Å². The molecule has 18 heavy (non-hydrogen) atoms. The SMILES string of the molecule is CCN(Cc1ccncc1)S(=O)(=O)C(C)CNC. The predicted molar refractivity (Wildman–Crippen MR) is 72.6 cm³/mol. The third-order valence-corrected chi connectivity index (χ3v) is 5.11. The molecule has 0 bridgehead atoms. The number of pyridine rings is 1. The van der Waals surface area contributed by atoms with E-state index < -0.39 is 15.3 Å².